The van der Waals surface area contributed by atoms with Crippen LogP contribution in [-0.4, -0.2) is 34.6 Å². The van der Waals surface area contributed by atoms with Gasteiger partial charge in [0.2, 0.25) is 0 Å². The molecule has 0 saturated carbocycles. The van der Waals surface area contributed by atoms with E-state index in [0.29, 0.717) is 10.0 Å². The van der Waals surface area contributed by atoms with Crippen molar-refractivity contribution in [1.29, 1.82) is 0 Å². The third-order valence-electron chi connectivity index (χ3n) is 2.50. The Bertz CT molecular complexity index is 502. The second kappa shape index (κ2) is 7.58. The summed E-state index contributed by atoms with van der Waals surface area (Å²) in [6.07, 6.45) is -2.92. The fraction of sp³-hybridized carbons (Fsp3) is 0.500. The van der Waals surface area contributed by atoms with Crippen molar-refractivity contribution in [2.75, 3.05) is 6.54 Å². The molecule has 0 saturated heterocycles. The largest absolute Gasteiger partial charge is 0.444 e. The van der Waals surface area contributed by atoms with Crippen molar-refractivity contribution in [2.45, 2.75) is 38.6 Å². The minimum Gasteiger partial charge on any atom is -0.444 e. The van der Waals surface area contributed by atoms with Crippen LogP contribution in [0.2, 0.25) is 0 Å². The van der Waals surface area contributed by atoms with Gasteiger partial charge in [0.05, 0.1) is 0 Å². The number of nitrogens with one attached hydrogen (secondary N) is 1. The number of aliphatic hydroxyl groups is 2. The molecule has 118 valence electrons. The average molecular weight is 425 g/mol. The topological polar surface area (TPSA) is 78.8 Å². The Balaban J connectivity index is 2.61. The Hall–Kier alpha value is -0.630. The first-order valence-corrected chi connectivity index (χ1v) is 7.96. The molecule has 0 radical (unpaired) electrons. The number of carbonyl (C=O) groups excluding carboxylic acids is 1. The minimum absolute atomic E-state index is 0.116. The second-order valence-electron chi connectivity index (χ2n) is 5.56. The summed E-state index contributed by atoms with van der Waals surface area (Å²) in [7, 11) is 0. The first-order chi connectivity index (χ1) is 9.60. The van der Waals surface area contributed by atoms with E-state index in [-0.39, 0.29) is 6.54 Å². The maximum Gasteiger partial charge on any atom is 0.407 e. The van der Waals surface area contributed by atoms with Crippen LogP contribution < -0.4 is 5.32 Å². The molecule has 2 unspecified atom stereocenters. The zero-order valence-corrected chi connectivity index (χ0v) is 15.2. The number of amides is 1. The Labute approximate surface area is 140 Å². The van der Waals surface area contributed by atoms with Gasteiger partial charge in [-0.05, 0) is 44.5 Å². The van der Waals surface area contributed by atoms with Crippen molar-refractivity contribution in [3.63, 3.8) is 0 Å². The molecular weight excluding hydrogens is 406 g/mol. The molecule has 0 fully saturated rings. The standard InChI is InChI=1S/C14H19Br2NO4/c1-14(2,3)21-13(20)17-7-11(18)12(19)9-6-8(15)4-5-10(9)16/h4-6,11-12,18-19H,7H2,1-3H3,(H,17,20). The Morgan fingerprint density at radius 1 is 1.33 bits per heavy atom. The van der Waals surface area contributed by atoms with E-state index in [4.69, 9.17) is 4.74 Å². The molecule has 0 aromatic heterocycles. The van der Waals surface area contributed by atoms with Crippen LogP contribution in [0.1, 0.15) is 32.4 Å². The summed E-state index contributed by atoms with van der Waals surface area (Å²) in [5.74, 6) is 0. The summed E-state index contributed by atoms with van der Waals surface area (Å²) >= 11 is 6.62. The molecule has 0 heterocycles. The van der Waals surface area contributed by atoms with Gasteiger partial charge in [0.15, 0.2) is 0 Å². The highest BCUT2D eigenvalue weighted by molar-refractivity contribution is 9.11. The molecule has 21 heavy (non-hydrogen) atoms. The van der Waals surface area contributed by atoms with Gasteiger partial charge < -0.3 is 20.3 Å². The van der Waals surface area contributed by atoms with Crippen LogP contribution in [0, 0.1) is 0 Å². The van der Waals surface area contributed by atoms with E-state index >= 15 is 0 Å². The van der Waals surface area contributed by atoms with Crippen molar-refractivity contribution in [3.05, 3.63) is 32.7 Å². The van der Waals surface area contributed by atoms with Gasteiger partial charge >= 0.3 is 6.09 Å². The number of ether oxygens (including phenoxy) is 1. The minimum atomic E-state index is -1.15. The maximum atomic E-state index is 11.5. The van der Waals surface area contributed by atoms with Crippen LogP contribution in [0.5, 0.6) is 0 Å². The molecule has 5 nitrogen and oxygen atoms in total. The first kappa shape index (κ1) is 18.4. The normalized spacial score (nSPS) is 14.4. The van der Waals surface area contributed by atoms with E-state index in [1.807, 2.05) is 6.07 Å². The smallest absolute Gasteiger partial charge is 0.407 e. The summed E-state index contributed by atoms with van der Waals surface area (Å²) in [5, 5.41) is 22.5. The summed E-state index contributed by atoms with van der Waals surface area (Å²) in [5.41, 5.74) is -0.0797. The van der Waals surface area contributed by atoms with Gasteiger partial charge in [0, 0.05) is 15.5 Å². The van der Waals surface area contributed by atoms with E-state index in [9.17, 15) is 15.0 Å². The molecule has 1 aromatic carbocycles. The van der Waals surface area contributed by atoms with Crippen LogP contribution in [0.3, 0.4) is 0 Å². The van der Waals surface area contributed by atoms with Gasteiger partial charge in [-0.1, -0.05) is 31.9 Å². The van der Waals surface area contributed by atoms with Gasteiger partial charge in [-0.2, -0.15) is 0 Å². The summed E-state index contributed by atoms with van der Waals surface area (Å²) in [6.45, 7) is 5.12. The Morgan fingerprint density at radius 3 is 2.52 bits per heavy atom. The molecule has 0 aliphatic rings. The van der Waals surface area contributed by atoms with Crippen LogP contribution in [0.4, 0.5) is 4.79 Å². The van der Waals surface area contributed by atoms with E-state index < -0.39 is 23.9 Å². The molecule has 0 aliphatic carbocycles. The van der Waals surface area contributed by atoms with Crippen molar-refractivity contribution in [2.24, 2.45) is 0 Å². The highest BCUT2D eigenvalue weighted by Gasteiger charge is 2.23. The van der Waals surface area contributed by atoms with Gasteiger partial charge in [-0.25, -0.2) is 4.79 Å². The Kier molecular flexibility index (Phi) is 6.65. The highest BCUT2D eigenvalue weighted by Crippen LogP contribution is 2.28. The number of alkyl carbamates (subject to hydrolysis) is 1. The van der Waals surface area contributed by atoms with Crippen molar-refractivity contribution in [1.82, 2.24) is 5.32 Å². The molecule has 7 heteroatoms. The van der Waals surface area contributed by atoms with Crippen molar-refractivity contribution >= 4 is 38.0 Å². The van der Waals surface area contributed by atoms with Crippen LogP contribution in [-0.2, 0) is 4.74 Å². The Morgan fingerprint density at radius 2 is 1.95 bits per heavy atom. The molecule has 1 aromatic rings. The molecule has 1 rings (SSSR count). The van der Waals surface area contributed by atoms with E-state index in [1.54, 1.807) is 32.9 Å². The molecule has 0 bridgehead atoms. The molecule has 0 aliphatic heterocycles. The fourth-order valence-electron chi connectivity index (χ4n) is 1.56. The maximum absolute atomic E-state index is 11.5. The van der Waals surface area contributed by atoms with Gasteiger partial charge in [0.25, 0.3) is 0 Å². The average Bonchev–Trinajstić information content (AvgIpc) is 2.36. The summed E-state index contributed by atoms with van der Waals surface area (Å²) in [4.78, 5) is 11.5. The lowest BCUT2D eigenvalue weighted by atomic mass is 10.0. The lowest BCUT2D eigenvalue weighted by Gasteiger charge is -2.22. The van der Waals surface area contributed by atoms with Crippen molar-refractivity contribution < 1.29 is 19.7 Å². The number of hydrogen-bond donors (Lipinski definition) is 3. The number of benzene rings is 1. The van der Waals surface area contributed by atoms with E-state index in [2.05, 4.69) is 37.2 Å². The van der Waals surface area contributed by atoms with Crippen molar-refractivity contribution in [3.8, 4) is 0 Å². The number of halogens is 2. The van der Waals surface area contributed by atoms with Crippen LogP contribution in [0.15, 0.2) is 27.1 Å². The van der Waals surface area contributed by atoms with Gasteiger partial charge in [-0.15, -0.1) is 0 Å². The lowest BCUT2D eigenvalue weighted by molar-refractivity contribution is 0.0126. The first-order valence-electron chi connectivity index (χ1n) is 6.38. The number of carbonyl (C=O) groups is 1. The molecular formula is C14H19Br2NO4. The molecule has 0 spiro atoms. The second-order valence-corrected chi connectivity index (χ2v) is 7.33. The lowest BCUT2D eigenvalue weighted by Crippen LogP contribution is -2.38. The fourth-order valence-corrected chi connectivity index (χ4v) is 2.42. The summed E-state index contributed by atoms with van der Waals surface area (Å²) in [6, 6.07) is 5.27. The quantitative estimate of drug-likeness (QED) is 0.693. The van der Waals surface area contributed by atoms with Gasteiger partial charge in [-0.3, -0.25) is 0 Å². The molecule has 2 atom stereocenters. The monoisotopic (exact) mass is 423 g/mol. The van der Waals surface area contributed by atoms with E-state index in [1.165, 1.54) is 0 Å². The van der Waals surface area contributed by atoms with Crippen LogP contribution >= 0.6 is 31.9 Å². The third kappa shape index (κ3) is 6.34. The zero-order chi connectivity index (χ0) is 16.2. The third-order valence-corrected chi connectivity index (χ3v) is 3.71. The zero-order valence-electron chi connectivity index (χ0n) is 12.1. The number of hydrogen-bond acceptors (Lipinski definition) is 4. The highest BCUT2D eigenvalue weighted by atomic mass is 79.9. The van der Waals surface area contributed by atoms with E-state index in [0.717, 1.165) is 4.47 Å². The molecule has 1 amide bonds. The molecule has 3 N–H and O–H groups in total. The number of aliphatic hydroxyl groups excluding tert-OH is 2. The number of rotatable bonds is 4. The summed E-state index contributed by atoms with van der Waals surface area (Å²) < 4.78 is 6.52. The van der Waals surface area contributed by atoms with Gasteiger partial charge in [0.1, 0.15) is 17.8 Å². The predicted octanol–water partition coefficient (Wildman–Crippen LogP) is 3.13. The predicted molar refractivity (Wildman–Crippen MR) is 87.0 cm³/mol. The SMILES string of the molecule is CC(C)(C)OC(=O)NCC(O)C(O)c1cc(Br)ccc1Br. The van der Waals surface area contributed by atoms with Crippen LogP contribution in [0.25, 0.3) is 0 Å².